The summed E-state index contributed by atoms with van der Waals surface area (Å²) in [6.45, 7) is 6.47. The number of hydrogen-bond donors (Lipinski definition) is 1. The quantitative estimate of drug-likeness (QED) is 0.895. The van der Waals surface area contributed by atoms with Gasteiger partial charge in [0, 0.05) is 11.6 Å². The Labute approximate surface area is 112 Å². The van der Waals surface area contributed by atoms with Crippen molar-refractivity contribution >= 4 is 0 Å². The normalized spacial score (nSPS) is 14.1. The highest BCUT2D eigenvalue weighted by molar-refractivity contribution is 5.56. The van der Waals surface area contributed by atoms with Crippen LogP contribution in [-0.4, -0.2) is 22.8 Å². The van der Waals surface area contributed by atoms with Crippen LogP contribution >= 0.6 is 0 Å². The molecule has 5 heteroatoms. The summed E-state index contributed by atoms with van der Waals surface area (Å²) in [5, 5.41) is 3.99. The number of nitrogens with zero attached hydrogens (tertiary/aromatic N) is 2. The molecule has 0 spiro atoms. The van der Waals surface area contributed by atoms with Crippen LogP contribution in [0.15, 0.2) is 28.8 Å². The SMILES string of the molecule is CCOc1cccc(-c2noc(C(C)C(C)N)n2)c1. The van der Waals surface area contributed by atoms with E-state index in [1.54, 1.807) is 0 Å². The molecule has 2 rings (SSSR count). The van der Waals surface area contributed by atoms with Crippen molar-refractivity contribution in [2.24, 2.45) is 5.73 Å². The molecule has 19 heavy (non-hydrogen) atoms. The van der Waals surface area contributed by atoms with Crippen molar-refractivity contribution < 1.29 is 9.26 Å². The van der Waals surface area contributed by atoms with Crippen molar-refractivity contribution in [3.05, 3.63) is 30.2 Å². The van der Waals surface area contributed by atoms with Gasteiger partial charge < -0.3 is 15.0 Å². The molecule has 0 aliphatic heterocycles. The van der Waals surface area contributed by atoms with E-state index in [1.165, 1.54) is 0 Å². The van der Waals surface area contributed by atoms with Gasteiger partial charge in [0.25, 0.3) is 0 Å². The van der Waals surface area contributed by atoms with Gasteiger partial charge in [-0.15, -0.1) is 0 Å². The first kappa shape index (κ1) is 13.5. The lowest BCUT2D eigenvalue weighted by atomic mass is 10.1. The molecule has 2 N–H and O–H groups in total. The predicted molar refractivity (Wildman–Crippen MR) is 73.0 cm³/mol. The Morgan fingerprint density at radius 1 is 1.37 bits per heavy atom. The summed E-state index contributed by atoms with van der Waals surface area (Å²) in [5.74, 6) is 1.96. The maximum absolute atomic E-state index is 5.83. The average Bonchev–Trinajstić information content (AvgIpc) is 2.88. The summed E-state index contributed by atoms with van der Waals surface area (Å²) in [6.07, 6.45) is 0. The van der Waals surface area contributed by atoms with Crippen LogP contribution in [0.5, 0.6) is 5.75 Å². The molecule has 5 nitrogen and oxygen atoms in total. The van der Waals surface area contributed by atoms with Gasteiger partial charge in [-0.05, 0) is 26.0 Å². The molecule has 0 amide bonds. The van der Waals surface area contributed by atoms with Gasteiger partial charge >= 0.3 is 0 Å². The molecule has 2 unspecified atom stereocenters. The molecule has 0 radical (unpaired) electrons. The van der Waals surface area contributed by atoms with Crippen LogP contribution in [-0.2, 0) is 0 Å². The molecule has 0 aliphatic rings. The van der Waals surface area contributed by atoms with Gasteiger partial charge in [-0.2, -0.15) is 4.98 Å². The summed E-state index contributed by atoms with van der Waals surface area (Å²) in [6, 6.07) is 7.61. The lowest BCUT2D eigenvalue weighted by Crippen LogP contribution is -2.22. The Kier molecular flexibility index (Phi) is 4.16. The van der Waals surface area contributed by atoms with Crippen molar-refractivity contribution in [1.82, 2.24) is 10.1 Å². The Balaban J connectivity index is 2.25. The summed E-state index contributed by atoms with van der Waals surface area (Å²) < 4.78 is 10.7. The third-order valence-corrected chi connectivity index (χ3v) is 3.02. The van der Waals surface area contributed by atoms with E-state index in [1.807, 2.05) is 45.0 Å². The van der Waals surface area contributed by atoms with Gasteiger partial charge in [-0.3, -0.25) is 0 Å². The number of hydrogen-bond acceptors (Lipinski definition) is 5. The molecule has 2 aromatic rings. The molecule has 0 bridgehead atoms. The summed E-state index contributed by atoms with van der Waals surface area (Å²) in [7, 11) is 0. The standard InChI is InChI=1S/C14H19N3O2/c1-4-18-12-7-5-6-11(8-12)13-16-14(19-17-13)9(2)10(3)15/h5-10H,4,15H2,1-3H3. The molecule has 102 valence electrons. The molecule has 1 aromatic carbocycles. The topological polar surface area (TPSA) is 74.2 Å². The molecule has 0 saturated heterocycles. The zero-order chi connectivity index (χ0) is 13.8. The van der Waals surface area contributed by atoms with Gasteiger partial charge in [0.05, 0.1) is 12.5 Å². The minimum atomic E-state index is -0.0249. The van der Waals surface area contributed by atoms with Crippen LogP contribution in [0.4, 0.5) is 0 Å². The monoisotopic (exact) mass is 261 g/mol. The Morgan fingerprint density at radius 2 is 2.16 bits per heavy atom. The highest BCUT2D eigenvalue weighted by atomic mass is 16.5. The van der Waals surface area contributed by atoms with Gasteiger partial charge in [-0.25, -0.2) is 0 Å². The lowest BCUT2D eigenvalue weighted by Gasteiger charge is -2.09. The summed E-state index contributed by atoms with van der Waals surface area (Å²) >= 11 is 0. The summed E-state index contributed by atoms with van der Waals surface area (Å²) in [4.78, 5) is 4.39. The van der Waals surface area contributed by atoms with Gasteiger partial charge in [0.2, 0.25) is 11.7 Å². The lowest BCUT2D eigenvalue weighted by molar-refractivity contribution is 0.340. The summed E-state index contributed by atoms with van der Waals surface area (Å²) in [5.41, 5.74) is 6.70. The largest absolute Gasteiger partial charge is 0.494 e. The Morgan fingerprint density at radius 3 is 2.84 bits per heavy atom. The Hall–Kier alpha value is -1.88. The number of rotatable bonds is 5. The molecule has 0 fully saturated rings. The molecule has 0 aliphatic carbocycles. The van der Waals surface area contributed by atoms with Gasteiger partial charge in [-0.1, -0.05) is 24.2 Å². The minimum Gasteiger partial charge on any atom is -0.494 e. The van der Waals surface area contributed by atoms with Gasteiger partial charge in [0.15, 0.2) is 0 Å². The van der Waals surface area contributed by atoms with Crippen molar-refractivity contribution in [2.45, 2.75) is 32.7 Å². The first-order valence-electron chi connectivity index (χ1n) is 6.44. The van der Waals surface area contributed by atoms with Crippen molar-refractivity contribution in [1.29, 1.82) is 0 Å². The van der Waals surface area contributed by atoms with Crippen LogP contribution in [0.1, 0.15) is 32.6 Å². The highest BCUT2D eigenvalue weighted by Gasteiger charge is 2.18. The van der Waals surface area contributed by atoms with Crippen LogP contribution < -0.4 is 10.5 Å². The smallest absolute Gasteiger partial charge is 0.231 e. The van der Waals surface area contributed by atoms with Crippen LogP contribution in [0.3, 0.4) is 0 Å². The first-order chi connectivity index (χ1) is 9.11. The van der Waals surface area contributed by atoms with Crippen LogP contribution in [0.2, 0.25) is 0 Å². The third-order valence-electron chi connectivity index (χ3n) is 3.02. The van der Waals surface area contributed by atoms with E-state index >= 15 is 0 Å². The van der Waals surface area contributed by atoms with Crippen molar-refractivity contribution in [2.75, 3.05) is 6.61 Å². The van der Waals surface area contributed by atoms with Gasteiger partial charge in [0.1, 0.15) is 5.75 Å². The van der Waals surface area contributed by atoms with E-state index in [4.69, 9.17) is 15.0 Å². The fourth-order valence-corrected chi connectivity index (χ4v) is 1.65. The predicted octanol–water partition coefficient (Wildman–Crippen LogP) is 2.59. The molecular weight excluding hydrogens is 242 g/mol. The second-order valence-electron chi connectivity index (χ2n) is 4.56. The van der Waals surface area contributed by atoms with E-state index < -0.39 is 0 Å². The third kappa shape index (κ3) is 3.12. The molecule has 1 aromatic heterocycles. The van der Waals surface area contributed by atoms with E-state index in [2.05, 4.69) is 10.1 Å². The molecular formula is C14H19N3O2. The second-order valence-corrected chi connectivity index (χ2v) is 4.56. The first-order valence-corrected chi connectivity index (χ1v) is 6.44. The van der Waals surface area contributed by atoms with E-state index in [0.29, 0.717) is 18.3 Å². The zero-order valence-electron chi connectivity index (χ0n) is 11.5. The molecule has 2 atom stereocenters. The van der Waals surface area contributed by atoms with Crippen molar-refractivity contribution in [3.63, 3.8) is 0 Å². The molecule has 0 saturated carbocycles. The average molecular weight is 261 g/mol. The van der Waals surface area contributed by atoms with Crippen molar-refractivity contribution in [3.8, 4) is 17.1 Å². The highest BCUT2D eigenvalue weighted by Crippen LogP contribution is 2.24. The minimum absolute atomic E-state index is 0.0249. The van der Waals surface area contributed by atoms with E-state index in [0.717, 1.165) is 11.3 Å². The number of benzene rings is 1. The Bertz CT molecular complexity index is 537. The fraction of sp³-hybridized carbons (Fsp3) is 0.429. The zero-order valence-corrected chi connectivity index (χ0v) is 11.5. The van der Waals surface area contributed by atoms with E-state index in [9.17, 15) is 0 Å². The maximum atomic E-state index is 5.83. The number of ether oxygens (including phenoxy) is 1. The van der Waals surface area contributed by atoms with Crippen LogP contribution in [0, 0.1) is 0 Å². The second kappa shape index (κ2) is 5.84. The molecule has 1 heterocycles. The number of aromatic nitrogens is 2. The fourth-order valence-electron chi connectivity index (χ4n) is 1.65. The number of nitrogens with two attached hydrogens (primary N) is 1. The van der Waals surface area contributed by atoms with Crippen LogP contribution in [0.25, 0.3) is 11.4 Å². The van der Waals surface area contributed by atoms with E-state index in [-0.39, 0.29) is 12.0 Å². The maximum Gasteiger partial charge on any atom is 0.231 e.